The molecule has 0 atom stereocenters. The van der Waals surface area contributed by atoms with Gasteiger partial charge in [0.2, 0.25) is 5.91 Å². The Balaban J connectivity index is 2.01. The summed E-state index contributed by atoms with van der Waals surface area (Å²) in [6.07, 6.45) is 0.0156. The molecule has 9 nitrogen and oxygen atoms in total. The van der Waals surface area contributed by atoms with E-state index >= 15 is 0 Å². The Kier molecular flexibility index (Phi) is 6.89. The smallest absolute Gasteiger partial charge is 0.288 e. The van der Waals surface area contributed by atoms with Gasteiger partial charge in [0.15, 0.2) is 0 Å². The number of primary amides is 1. The van der Waals surface area contributed by atoms with E-state index in [0.29, 0.717) is 10.6 Å². The zero-order valence-electron chi connectivity index (χ0n) is 14.0. The third kappa shape index (κ3) is 6.12. The Hall–Kier alpha value is -3.40. The number of carbonyl (C=O) groups excluding carboxylic acids is 3. The molecule has 4 N–H and O–H groups in total. The molecular weight excluding hydrogens is 372 g/mol. The van der Waals surface area contributed by atoms with Crippen LogP contribution < -0.4 is 16.4 Å². The molecule has 0 aliphatic heterocycles. The Morgan fingerprint density at radius 1 is 1.07 bits per heavy atom. The number of nitro groups is 1. The maximum Gasteiger partial charge on any atom is 0.288 e. The summed E-state index contributed by atoms with van der Waals surface area (Å²) in [6.45, 7) is 0.0994. The van der Waals surface area contributed by atoms with Crippen LogP contribution in [0.15, 0.2) is 53.4 Å². The van der Waals surface area contributed by atoms with Gasteiger partial charge >= 0.3 is 0 Å². The van der Waals surface area contributed by atoms with Crippen LogP contribution in [0.5, 0.6) is 0 Å². The van der Waals surface area contributed by atoms with Gasteiger partial charge in [0.1, 0.15) is 0 Å². The van der Waals surface area contributed by atoms with E-state index in [2.05, 4.69) is 10.6 Å². The van der Waals surface area contributed by atoms with Crippen molar-refractivity contribution < 1.29 is 19.3 Å². The quantitative estimate of drug-likeness (QED) is 0.377. The number of non-ortho nitro benzene ring substituents is 1. The standard InChI is InChI=1S/C17H16N4O5S/c18-15(22)9-10-19-16(23)13-3-1-2-4-14(13)27-17(24)20-11-5-7-12(8-6-11)21(25)26/h1-8H,9-10H2,(H2,18,22)(H,19,23)(H,20,24). The number of rotatable bonds is 7. The molecule has 0 unspecified atom stereocenters. The largest absolute Gasteiger partial charge is 0.370 e. The fraction of sp³-hybridized carbons (Fsp3) is 0.118. The Morgan fingerprint density at radius 2 is 1.74 bits per heavy atom. The van der Waals surface area contributed by atoms with Crippen LogP contribution in [0.25, 0.3) is 0 Å². The van der Waals surface area contributed by atoms with Gasteiger partial charge in [0.25, 0.3) is 16.8 Å². The second-order valence-electron chi connectivity index (χ2n) is 5.29. The number of amides is 3. The normalized spacial score (nSPS) is 10.1. The number of hydrogen-bond donors (Lipinski definition) is 3. The molecule has 27 heavy (non-hydrogen) atoms. The lowest BCUT2D eigenvalue weighted by atomic mass is 10.2. The number of thioether (sulfide) groups is 1. The molecule has 0 radical (unpaired) electrons. The van der Waals surface area contributed by atoms with E-state index in [1.165, 1.54) is 24.3 Å². The van der Waals surface area contributed by atoms with Gasteiger partial charge in [-0.2, -0.15) is 0 Å². The molecule has 10 heteroatoms. The zero-order valence-corrected chi connectivity index (χ0v) is 14.8. The van der Waals surface area contributed by atoms with E-state index in [-0.39, 0.29) is 24.2 Å². The number of benzene rings is 2. The summed E-state index contributed by atoms with van der Waals surface area (Å²) in [4.78, 5) is 45.7. The van der Waals surface area contributed by atoms with Crippen LogP contribution in [-0.4, -0.2) is 28.5 Å². The Bertz CT molecular complexity index is 870. The molecule has 0 saturated carbocycles. The highest BCUT2D eigenvalue weighted by atomic mass is 32.2. The number of hydrogen-bond acceptors (Lipinski definition) is 6. The average molecular weight is 388 g/mol. The monoisotopic (exact) mass is 388 g/mol. The van der Waals surface area contributed by atoms with Gasteiger partial charge in [-0.15, -0.1) is 0 Å². The van der Waals surface area contributed by atoms with Crippen LogP contribution in [0.2, 0.25) is 0 Å². The van der Waals surface area contributed by atoms with E-state index < -0.39 is 22.0 Å². The molecule has 0 spiro atoms. The Morgan fingerprint density at radius 3 is 2.37 bits per heavy atom. The summed E-state index contributed by atoms with van der Waals surface area (Å²) >= 11 is 0.807. The lowest BCUT2D eigenvalue weighted by Gasteiger charge is -2.09. The fourth-order valence-electron chi connectivity index (χ4n) is 2.05. The average Bonchev–Trinajstić information content (AvgIpc) is 2.62. The van der Waals surface area contributed by atoms with Crippen LogP contribution in [0.3, 0.4) is 0 Å². The number of anilines is 1. The number of nitrogens with zero attached hydrogens (tertiary/aromatic N) is 1. The van der Waals surface area contributed by atoms with Crippen LogP contribution in [-0.2, 0) is 4.79 Å². The van der Waals surface area contributed by atoms with E-state index in [9.17, 15) is 24.5 Å². The van der Waals surface area contributed by atoms with Gasteiger partial charge in [-0.1, -0.05) is 12.1 Å². The van der Waals surface area contributed by atoms with Gasteiger partial charge in [0, 0.05) is 35.7 Å². The number of nitro benzene ring substituents is 1. The van der Waals surface area contributed by atoms with Crippen LogP contribution >= 0.6 is 11.8 Å². The summed E-state index contributed by atoms with van der Waals surface area (Å²) in [5.74, 6) is -0.956. The third-order valence-corrected chi connectivity index (χ3v) is 4.18. The summed E-state index contributed by atoms with van der Waals surface area (Å²) in [6, 6.07) is 11.9. The molecule has 2 aromatic rings. The van der Waals surface area contributed by atoms with Crippen molar-refractivity contribution in [3.63, 3.8) is 0 Å². The molecule has 0 saturated heterocycles. The van der Waals surface area contributed by atoms with Crippen LogP contribution in [0.4, 0.5) is 16.2 Å². The molecule has 0 heterocycles. The van der Waals surface area contributed by atoms with Crippen molar-refractivity contribution >= 4 is 40.2 Å². The molecule has 2 aromatic carbocycles. The first-order valence-electron chi connectivity index (χ1n) is 7.75. The minimum atomic E-state index is -0.534. The fourth-order valence-corrected chi connectivity index (χ4v) is 2.83. The molecule has 0 aliphatic rings. The molecule has 140 valence electrons. The molecule has 0 aliphatic carbocycles. The molecular formula is C17H16N4O5S. The second-order valence-corrected chi connectivity index (χ2v) is 6.30. The summed E-state index contributed by atoms with van der Waals surface area (Å²) < 4.78 is 0. The first-order valence-corrected chi connectivity index (χ1v) is 8.57. The van der Waals surface area contributed by atoms with Gasteiger partial charge in [-0.3, -0.25) is 24.5 Å². The van der Waals surface area contributed by atoms with Gasteiger partial charge in [0.05, 0.1) is 10.5 Å². The van der Waals surface area contributed by atoms with Crippen molar-refractivity contribution in [2.24, 2.45) is 5.73 Å². The maximum absolute atomic E-state index is 12.2. The summed E-state index contributed by atoms with van der Waals surface area (Å²) in [5.41, 5.74) is 5.62. The summed E-state index contributed by atoms with van der Waals surface area (Å²) in [5, 5.41) is 15.3. The predicted octanol–water partition coefficient (Wildman–Crippen LogP) is 2.52. The highest BCUT2D eigenvalue weighted by Gasteiger charge is 2.15. The zero-order chi connectivity index (χ0) is 19.8. The number of nitrogens with two attached hydrogens (primary N) is 1. The second kappa shape index (κ2) is 9.34. The lowest BCUT2D eigenvalue weighted by Crippen LogP contribution is -2.28. The van der Waals surface area contributed by atoms with Crippen LogP contribution in [0, 0.1) is 10.1 Å². The highest BCUT2D eigenvalue weighted by Crippen LogP contribution is 2.25. The van der Waals surface area contributed by atoms with E-state index in [1.54, 1.807) is 24.3 Å². The van der Waals surface area contributed by atoms with Crippen molar-refractivity contribution in [1.82, 2.24) is 5.32 Å². The van der Waals surface area contributed by atoms with E-state index in [4.69, 9.17) is 5.73 Å². The van der Waals surface area contributed by atoms with Gasteiger partial charge in [-0.25, -0.2) is 0 Å². The topological polar surface area (TPSA) is 144 Å². The molecule has 2 rings (SSSR count). The number of nitrogens with one attached hydrogen (secondary N) is 2. The summed E-state index contributed by atoms with van der Waals surface area (Å²) in [7, 11) is 0. The predicted molar refractivity (Wildman–Crippen MR) is 101 cm³/mol. The highest BCUT2D eigenvalue weighted by molar-refractivity contribution is 8.14. The number of carbonyl (C=O) groups is 3. The van der Waals surface area contributed by atoms with Crippen LogP contribution in [0.1, 0.15) is 16.8 Å². The van der Waals surface area contributed by atoms with E-state index in [0.717, 1.165) is 11.8 Å². The molecule has 0 fully saturated rings. The Labute approximate surface area is 158 Å². The van der Waals surface area contributed by atoms with E-state index in [1.807, 2.05) is 0 Å². The van der Waals surface area contributed by atoms with Crippen molar-refractivity contribution in [2.75, 3.05) is 11.9 Å². The first-order chi connectivity index (χ1) is 12.9. The van der Waals surface area contributed by atoms with Crippen molar-refractivity contribution in [3.8, 4) is 0 Å². The van der Waals surface area contributed by atoms with Crippen molar-refractivity contribution in [3.05, 3.63) is 64.2 Å². The van der Waals surface area contributed by atoms with Gasteiger partial charge in [-0.05, 0) is 36.0 Å². The molecule has 0 aromatic heterocycles. The van der Waals surface area contributed by atoms with Crippen molar-refractivity contribution in [1.29, 1.82) is 0 Å². The van der Waals surface area contributed by atoms with Crippen molar-refractivity contribution in [2.45, 2.75) is 11.3 Å². The third-order valence-electron chi connectivity index (χ3n) is 3.32. The lowest BCUT2D eigenvalue weighted by molar-refractivity contribution is -0.384. The minimum Gasteiger partial charge on any atom is -0.370 e. The maximum atomic E-state index is 12.2. The van der Waals surface area contributed by atoms with Gasteiger partial charge < -0.3 is 16.4 Å². The molecule has 0 bridgehead atoms. The first kappa shape index (κ1) is 19.9. The SMILES string of the molecule is NC(=O)CCNC(=O)c1ccccc1SC(=O)Nc1ccc([N+](=O)[O-])cc1. The minimum absolute atomic E-state index is 0.0156. The molecule has 3 amide bonds.